The Labute approximate surface area is 407 Å². The summed E-state index contributed by atoms with van der Waals surface area (Å²) in [5, 5.41) is 2.23. The Morgan fingerprint density at radius 1 is 0.343 bits per heavy atom. The van der Waals surface area contributed by atoms with Crippen molar-refractivity contribution in [1.82, 2.24) is 0 Å². The second kappa shape index (κ2) is 16.0. The predicted octanol–water partition coefficient (Wildman–Crippen LogP) is 18.2. The number of hydrogen-bond acceptors (Lipinski definition) is 3. The summed E-state index contributed by atoms with van der Waals surface area (Å²) in [7, 11) is 0. The summed E-state index contributed by atoms with van der Waals surface area (Å²) in [4.78, 5) is 4.96. The zero-order chi connectivity index (χ0) is 46.2. The van der Waals surface area contributed by atoms with E-state index in [1.54, 1.807) is 0 Å². The molecule has 1 aliphatic heterocycles. The zero-order valence-corrected chi connectivity index (χ0v) is 38.2. The lowest BCUT2D eigenvalue weighted by molar-refractivity contribution is 0.670. The summed E-state index contributed by atoms with van der Waals surface area (Å²) in [5.74, 6) is 0. The van der Waals surface area contributed by atoms with E-state index in [0.717, 1.165) is 66.9 Å². The molecule has 0 saturated heterocycles. The van der Waals surface area contributed by atoms with Gasteiger partial charge < -0.3 is 14.2 Å². The highest BCUT2D eigenvalue weighted by atomic mass is 16.3. The van der Waals surface area contributed by atoms with Gasteiger partial charge >= 0.3 is 0 Å². The molecular formula is C67H44N2O. The fourth-order valence-corrected chi connectivity index (χ4v) is 11.8. The second-order valence-electron chi connectivity index (χ2n) is 18.3. The molecule has 2 aliphatic rings. The molecule has 0 amide bonds. The number of para-hydroxylation sites is 6. The highest BCUT2D eigenvalue weighted by molar-refractivity contribution is 6.10. The first-order chi connectivity index (χ1) is 34.8. The molecule has 2 heterocycles. The van der Waals surface area contributed by atoms with Gasteiger partial charge in [0.1, 0.15) is 11.2 Å². The van der Waals surface area contributed by atoms with E-state index in [9.17, 15) is 0 Å². The molecule has 1 aromatic heterocycles. The Kier molecular flexibility index (Phi) is 9.11. The van der Waals surface area contributed by atoms with Crippen molar-refractivity contribution in [2.75, 3.05) is 9.80 Å². The monoisotopic (exact) mass is 892 g/mol. The van der Waals surface area contributed by atoms with E-state index in [0.29, 0.717) is 0 Å². The highest BCUT2D eigenvalue weighted by Gasteiger charge is 2.52. The van der Waals surface area contributed by atoms with Gasteiger partial charge in [0.05, 0.1) is 28.2 Å². The van der Waals surface area contributed by atoms with Gasteiger partial charge in [0.2, 0.25) is 0 Å². The van der Waals surface area contributed by atoms with Crippen molar-refractivity contribution >= 4 is 56.1 Å². The number of fused-ring (bicyclic) bond motifs is 12. The Hall–Kier alpha value is -9.18. The van der Waals surface area contributed by atoms with Gasteiger partial charge in [-0.25, -0.2) is 0 Å². The average molecular weight is 893 g/mol. The van der Waals surface area contributed by atoms with Crippen molar-refractivity contribution in [2.24, 2.45) is 0 Å². The maximum Gasteiger partial charge on any atom is 0.143 e. The van der Waals surface area contributed by atoms with Crippen LogP contribution in [0.4, 0.5) is 34.1 Å². The molecule has 12 aromatic rings. The molecule has 0 atom stereocenters. The maximum atomic E-state index is 6.67. The molecule has 0 unspecified atom stereocenters. The highest BCUT2D eigenvalue weighted by Crippen LogP contribution is 2.65. The van der Waals surface area contributed by atoms with Crippen LogP contribution in [0.5, 0.6) is 0 Å². The zero-order valence-electron chi connectivity index (χ0n) is 38.2. The van der Waals surface area contributed by atoms with Gasteiger partial charge in [-0.2, -0.15) is 0 Å². The lowest BCUT2D eigenvalue weighted by Gasteiger charge is -2.45. The van der Waals surface area contributed by atoms with Crippen LogP contribution in [-0.4, -0.2) is 0 Å². The van der Waals surface area contributed by atoms with Crippen molar-refractivity contribution in [3.63, 3.8) is 0 Å². The Bertz CT molecular complexity index is 3930. The minimum Gasteiger partial charge on any atom is -0.455 e. The quantitative estimate of drug-likeness (QED) is 0.159. The predicted molar refractivity (Wildman–Crippen MR) is 290 cm³/mol. The number of hydrogen-bond donors (Lipinski definition) is 0. The smallest absolute Gasteiger partial charge is 0.143 e. The van der Waals surface area contributed by atoms with Crippen LogP contribution in [-0.2, 0) is 5.41 Å². The van der Waals surface area contributed by atoms with Gasteiger partial charge in [0.15, 0.2) is 0 Å². The first kappa shape index (κ1) is 39.9. The molecule has 0 radical (unpaired) electrons. The van der Waals surface area contributed by atoms with E-state index >= 15 is 0 Å². The van der Waals surface area contributed by atoms with Gasteiger partial charge in [0, 0.05) is 38.8 Å². The first-order valence-corrected chi connectivity index (χ1v) is 24.1. The van der Waals surface area contributed by atoms with Gasteiger partial charge in [-0.15, -0.1) is 0 Å². The summed E-state index contributed by atoms with van der Waals surface area (Å²) in [5.41, 5.74) is 22.1. The molecule has 3 heteroatoms. The van der Waals surface area contributed by atoms with Crippen molar-refractivity contribution < 1.29 is 4.42 Å². The van der Waals surface area contributed by atoms with E-state index in [-0.39, 0.29) is 0 Å². The van der Waals surface area contributed by atoms with Gasteiger partial charge in [-0.05, 0) is 111 Å². The lowest BCUT2D eigenvalue weighted by Crippen LogP contribution is -2.36. The van der Waals surface area contributed by atoms with E-state index in [2.05, 4.69) is 271 Å². The van der Waals surface area contributed by atoms with Gasteiger partial charge in [-0.3, -0.25) is 0 Å². The number of furan rings is 1. The van der Waals surface area contributed by atoms with E-state index in [1.807, 2.05) is 6.07 Å². The Morgan fingerprint density at radius 2 is 0.871 bits per heavy atom. The van der Waals surface area contributed by atoms with Crippen LogP contribution in [0, 0.1) is 0 Å². The van der Waals surface area contributed by atoms with E-state index in [4.69, 9.17) is 4.42 Å². The molecule has 0 saturated carbocycles. The molecule has 70 heavy (non-hydrogen) atoms. The Morgan fingerprint density at radius 3 is 1.67 bits per heavy atom. The summed E-state index contributed by atoms with van der Waals surface area (Å²) in [6.07, 6.45) is 0. The van der Waals surface area contributed by atoms with Crippen LogP contribution in [0.25, 0.3) is 66.4 Å². The normalized spacial score (nSPS) is 12.9. The standard InChI is InChI=1S/C67H44N2O/c1-3-21-45(22-4-1)46-23-17-24-47(43-46)51-29-8-13-38-60(51)69(50-28-18-25-48(44-50)52-32-19-33-54-53-30-9-16-42-64(53)70-66(52)54)63-41-20-37-59-65(63)55-31-7-10-34-56(55)67(59)57-35-11-14-39-61(57)68(49-26-5-2-6-27-49)62-40-15-12-36-58(62)67/h1-44H. The Balaban J connectivity index is 1.04. The molecule has 0 N–H and O–H groups in total. The molecule has 3 nitrogen and oxygen atoms in total. The van der Waals surface area contributed by atoms with Crippen LogP contribution in [0.15, 0.2) is 271 Å². The molecule has 0 bridgehead atoms. The average Bonchev–Trinajstić information content (AvgIpc) is 3.96. The van der Waals surface area contributed by atoms with Gasteiger partial charge in [-0.1, -0.05) is 206 Å². The summed E-state index contributed by atoms with van der Waals surface area (Å²) >= 11 is 0. The van der Waals surface area contributed by atoms with Crippen molar-refractivity contribution in [3.8, 4) is 44.5 Å². The molecule has 1 aliphatic carbocycles. The van der Waals surface area contributed by atoms with Crippen LogP contribution >= 0.6 is 0 Å². The van der Waals surface area contributed by atoms with Gasteiger partial charge in [0.25, 0.3) is 0 Å². The second-order valence-corrected chi connectivity index (χ2v) is 18.3. The van der Waals surface area contributed by atoms with Crippen LogP contribution in [0.3, 0.4) is 0 Å². The van der Waals surface area contributed by atoms with E-state index in [1.165, 1.54) is 55.9 Å². The number of rotatable bonds is 7. The number of nitrogens with zero attached hydrogens (tertiary/aromatic N) is 2. The molecular weight excluding hydrogens is 849 g/mol. The molecule has 0 fully saturated rings. The van der Waals surface area contributed by atoms with Crippen LogP contribution in [0.2, 0.25) is 0 Å². The molecule has 1 spiro atoms. The number of anilines is 6. The lowest BCUT2D eigenvalue weighted by atomic mass is 9.64. The summed E-state index contributed by atoms with van der Waals surface area (Å²) < 4.78 is 6.67. The first-order valence-electron chi connectivity index (χ1n) is 24.1. The SMILES string of the molecule is c1ccc(-c2cccc(-c3ccccc3N(c3cccc(-c4cccc5c4oc4ccccc45)c3)c3cccc4c3-c3ccccc3C43c4ccccc4N(c4ccccc4)c4ccccc43)c2)cc1. The minimum atomic E-state index is -0.617. The topological polar surface area (TPSA) is 19.6 Å². The third-order valence-corrected chi connectivity index (χ3v) is 14.6. The minimum absolute atomic E-state index is 0.617. The molecule has 11 aromatic carbocycles. The largest absolute Gasteiger partial charge is 0.455 e. The van der Waals surface area contributed by atoms with Crippen molar-refractivity contribution in [2.45, 2.75) is 5.41 Å². The molecule has 328 valence electrons. The fourth-order valence-electron chi connectivity index (χ4n) is 11.8. The summed E-state index contributed by atoms with van der Waals surface area (Å²) in [6.45, 7) is 0. The van der Waals surface area contributed by atoms with Crippen LogP contribution in [0.1, 0.15) is 22.3 Å². The molecule has 14 rings (SSSR count). The third kappa shape index (κ3) is 5.95. The number of benzene rings is 11. The van der Waals surface area contributed by atoms with Crippen molar-refractivity contribution in [3.05, 3.63) is 289 Å². The van der Waals surface area contributed by atoms with Crippen molar-refractivity contribution in [1.29, 1.82) is 0 Å². The summed E-state index contributed by atoms with van der Waals surface area (Å²) in [6, 6.07) is 97.4. The van der Waals surface area contributed by atoms with E-state index < -0.39 is 5.41 Å². The maximum absolute atomic E-state index is 6.67. The fraction of sp³-hybridized carbons (Fsp3) is 0.0149. The van der Waals surface area contributed by atoms with Crippen LogP contribution < -0.4 is 9.80 Å². The third-order valence-electron chi connectivity index (χ3n) is 14.6.